The Balaban J connectivity index is 1.80. The molecule has 0 unspecified atom stereocenters. The number of hydrogen-bond donors (Lipinski definition) is 4. The van der Waals surface area contributed by atoms with Crippen LogP contribution in [-0.2, 0) is 30.3 Å². The molecule has 1 saturated heterocycles. The number of anilines is 1. The van der Waals surface area contributed by atoms with Crippen molar-refractivity contribution in [3.8, 4) is 0 Å². The highest BCUT2D eigenvalue weighted by Gasteiger charge is 2.66. The number of carboxylic acid groups (broad SMARTS) is 1. The van der Waals surface area contributed by atoms with E-state index in [9.17, 15) is 24.3 Å². The van der Waals surface area contributed by atoms with E-state index in [4.69, 9.17) is 16.2 Å². The zero-order chi connectivity index (χ0) is 21.3. The second kappa shape index (κ2) is 7.93. The maximum atomic E-state index is 12.9. The Kier molecular flexibility index (Phi) is 5.73. The fourth-order valence-electron chi connectivity index (χ4n) is 3.11. The van der Waals surface area contributed by atoms with Crippen LogP contribution >= 0.6 is 23.1 Å². The fourth-order valence-corrected chi connectivity index (χ4v) is 5.31. The zero-order valence-electron chi connectivity index (χ0n) is 15.2. The Labute approximate surface area is 173 Å². The molecule has 0 radical (unpaired) electrons. The van der Waals surface area contributed by atoms with Gasteiger partial charge in [-0.05, 0) is 12.1 Å². The minimum atomic E-state index is -1.69. The third kappa shape index (κ3) is 3.75. The van der Waals surface area contributed by atoms with Gasteiger partial charge in [0.25, 0.3) is 11.6 Å². The van der Waals surface area contributed by atoms with E-state index in [2.05, 4.69) is 10.1 Å². The first-order valence-electron chi connectivity index (χ1n) is 8.22. The summed E-state index contributed by atoms with van der Waals surface area (Å²) in [5.74, 6) is -2.42. The number of thiophene rings is 1. The Hall–Kier alpha value is -2.77. The summed E-state index contributed by atoms with van der Waals surface area (Å²) in [5.41, 5.74) is 8.79. The molecule has 2 aliphatic heterocycles. The fraction of sp³-hybridized carbons (Fsp3) is 0.375. The molecule has 0 saturated carbocycles. The maximum Gasteiger partial charge on any atom is 0.404 e. The van der Waals surface area contributed by atoms with E-state index in [1.54, 1.807) is 12.1 Å². The summed E-state index contributed by atoms with van der Waals surface area (Å²) in [7, 11) is 1.26. The van der Waals surface area contributed by atoms with E-state index in [0.717, 1.165) is 4.90 Å². The van der Waals surface area contributed by atoms with Crippen LogP contribution in [0.4, 0.5) is 9.80 Å². The Bertz CT molecular complexity index is 915. The smallest absolute Gasteiger partial charge is 0.404 e. The highest BCUT2D eigenvalue weighted by molar-refractivity contribution is 8.00. The van der Waals surface area contributed by atoms with Crippen LogP contribution in [0.25, 0.3) is 0 Å². The number of thioether (sulfide) groups is 1. The van der Waals surface area contributed by atoms with Crippen molar-refractivity contribution >= 4 is 52.0 Å². The summed E-state index contributed by atoms with van der Waals surface area (Å²) in [6, 6.07) is 3.38. The van der Waals surface area contributed by atoms with Crippen molar-refractivity contribution in [1.29, 1.82) is 0 Å². The van der Waals surface area contributed by atoms with Crippen molar-refractivity contribution in [3.05, 3.63) is 28.3 Å². The minimum Gasteiger partial charge on any atom is -0.477 e. The molecular formula is C16H18N4O7S2. The van der Waals surface area contributed by atoms with Crippen LogP contribution in [-0.4, -0.2) is 64.5 Å². The summed E-state index contributed by atoms with van der Waals surface area (Å²) < 4.78 is 10.0. The van der Waals surface area contributed by atoms with Gasteiger partial charge in [-0.3, -0.25) is 14.5 Å². The summed E-state index contributed by atoms with van der Waals surface area (Å²) in [5, 5.41) is 11.9. The summed E-state index contributed by atoms with van der Waals surface area (Å²) in [6.07, 6.45) is -1.06. The van der Waals surface area contributed by atoms with Gasteiger partial charge in [0.15, 0.2) is 0 Å². The molecule has 6 N–H and O–H groups in total. The molecule has 0 aliphatic carbocycles. The van der Waals surface area contributed by atoms with Gasteiger partial charge >= 0.3 is 12.1 Å². The number of nitrogen functional groups attached to an aromatic ring is 1. The lowest BCUT2D eigenvalue weighted by atomic mass is 9.98. The molecule has 1 aromatic heterocycles. The van der Waals surface area contributed by atoms with Crippen LogP contribution in [0.1, 0.15) is 4.88 Å². The topological polar surface area (TPSA) is 174 Å². The number of nitrogens with zero attached hydrogens (tertiary/aromatic N) is 1. The lowest BCUT2D eigenvalue weighted by Gasteiger charge is -2.55. The molecule has 29 heavy (non-hydrogen) atoms. The number of carboxylic acids is 1. The average molecular weight is 442 g/mol. The SMILES string of the molecule is CO[C@@]1(NC(=O)Cc2ccc(N)s2)C(=O)N2C(C(=O)O)=C(COC(N)=O)CS[C@H]21. The van der Waals surface area contributed by atoms with E-state index in [1.165, 1.54) is 30.2 Å². The van der Waals surface area contributed by atoms with Crippen LogP contribution in [0, 0.1) is 0 Å². The minimum absolute atomic E-state index is 0.00300. The first kappa shape index (κ1) is 21.0. The van der Waals surface area contributed by atoms with Gasteiger partial charge in [0.1, 0.15) is 17.7 Å². The third-order valence-corrected chi connectivity index (χ3v) is 6.65. The van der Waals surface area contributed by atoms with E-state index >= 15 is 0 Å². The third-order valence-electron chi connectivity index (χ3n) is 4.37. The lowest BCUT2D eigenvalue weighted by molar-refractivity contribution is -0.192. The van der Waals surface area contributed by atoms with Crippen molar-refractivity contribution in [3.63, 3.8) is 0 Å². The van der Waals surface area contributed by atoms with Gasteiger partial charge in [-0.2, -0.15) is 0 Å². The van der Waals surface area contributed by atoms with Gasteiger partial charge in [-0.1, -0.05) is 0 Å². The number of amides is 3. The summed E-state index contributed by atoms with van der Waals surface area (Å²) in [4.78, 5) is 49.6. The highest BCUT2D eigenvalue weighted by Crippen LogP contribution is 2.46. The number of hydrogen-bond acceptors (Lipinski definition) is 9. The lowest BCUT2D eigenvalue weighted by Crippen LogP contribution is -2.80. The summed E-state index contributed by atoms with van der Waals surface area (Å²) in [6.45, 7) is -0.355. The molecule has 1 aromatic rings. The second-order valence-corrected chi connectivity index (χ2v) is 8.44. The quantitative estimate of drug-likeness (QED) is 0.326. The number of primary amides is 1. The number of nitrogens with one attached hydrogen (secondary N) is 1. The molecule has 2 atom stereocenters. The number of β-lactam (4-membered cyclic amide) rings is 1. The molecule has 1 fully saturated rings. The molecule has 3 amide bonds. The predicted octanol–water partition coefficient (Wildman–Crippen LogP) is -0.319. The molecule has 11 nitrogen and oxygen atoms in total. The normalized spacial score (nSPS) is 23.3. The standard InChI is InChI=1S/C16H18N4O7S2/c1-26-16(19-10(21)4-8-2-3-9(17)29-8)13(24)20-11(12(22)23)7(5-27-15(18)25)6-28-14(16)20/h2-3,14H,4-6,17H2,1H3,(H2,18,25)(H,19,21)(H,22,23)/t14-,16-/m0/s1. The van der Waals surface area contributed by atoms with Gasteiger partial charge in [0, 0.05) is 23.3 Å². The van der Waals surface area contributed by atoms with Gasteiger partial charge in [-0.15, -0.1) is 23.1 Å². The summed E-state index contributed by atoms with van der Waals surface area (Å²) >= 11 is 2.43. The number of nitrogens with two attached hydrogens (primary N) is 2. The van der Waals surface area contributed by atoms with E-state index in [0.29, 0.717) is 9.88 Å². The molecule has 3 rings (SSSR count). The van der Waals surface area contributed by atoms with Gasteiger partial charge < -0.3 is 31.4 Å². The monoisotopic (exact) mass is 442 g/mol. The largest absolute Gasteiger partial charge is 0.477 e. The van der Waals surface area contributed by atoms with Gasteiger partial charge in [-0.25, -0.2) is 9.59 Å². The number of fused-ring (bicyclic) bond motifs is 1. The van der Waals surface area contributed by atoms with Gasteiger partial charge in [0.05, 0.1) is 11.4 Å². The number of methoxy groups -OCH3 is 1. The Morgan fingerprint density at radius 1 is 1.41 bits per heavy atom. The first-order valence-corrected chi connectivity index (χ1v) is 10.1. The Morgan fingerprint density at radius 2 is 2.14 bits per heavy atom. The molecule has 0 bridgehead atoms. The van der Waals surface area contributed by atoms with E-state index < -0.39 is 35.0 Å². The molecule has 156 valence electrons. The number of carbonyl (C=O) groups is 4. The maximum absolute atomic E-state index is 12.9. The predicted molar refractivity (Wildman–Crippen MR) is 104 cm³/mol. The van der Waals surface area contributed by atoms with Crippen molar-refractivity contribution in [1.82, 2.24) is 10.2 Å². The van der Waals surface area contributed by atoms with Crippen molar-refractivity contribution in [2.45, 2.75) is 17.5 Å². The van der Waals surface area contributed by atoms with Gasteiger partial charge in [0.2, 0.25) is 5.91 Å². The van der Waals surface area contributed by atoms with E-state index in [1.807, 2.05) is 0 Å². The molecule has 0 spiro atoms. The second-order valence-electron chi connectivity index (χ2n) is 6.17. The number of ether oxygens (including phenoxy) is 2. The molecule has 0 aromatic carbocycles. The zero-order valence-corrected chi connectivity index (χ0v) is 16.8. The Morgan fingerprint density at radius 3 is 2.69 bits per heavy atom. The highest BCUT2D eigenvalue weighted by atomic mass is 32.2. The van der Waals surface area contributed by atoms with Crippen molar-refractivity contribution < 1.29 is 33.8 Å². The van der Waals surface area contributed by atoms with Crippen LogP contribution < -0.4 is 16.8 Å². The molecule has 2 aliphatic rings. The van der Waals surface area contributed by atoms with Crippen LogP contribution in [0.3, 0.4) is 0 Å². The van der Waals surface area contributed by atoms with Crippen LogP contribution in [0.2, 0.25) is 0 Å². The molecule has 13 heteroatoms. The van der Waals surface area contributed by atoms with Crippen molar-refractivity contribution in [2.75, 3.05) is 25.2 Å². The average Bonchev–Trinajstić information content (AvgIpc) is 3.07. The number of carbonyl (C=O) groups excluding carboxylic acids is 3. The van der Waals surface area contributed by atoms with E-state index in [-0.39, 0.29) is 30.1 Å². The first-order chi connectivity index (χ1) is 13.7. The number of aliphatic carboxylic acids is 1. The van der Waals surface area contributed by atoms with Crippen LogP contribution in [0.15, 0.2) is 23.4 Å². The van der Waals surface area contributed by atoms with Crippen molar-refractivity contribution in [2.24, 2.45) is 5.73 Å². The molecular weight excluding hydrogens is 424 g/mol. The number of rotatable bonds is 7. The van der Waals surface area contributed by atoms with Crippen LogP contribution in [0.5, 0.6) is 0 Å². The molecule has 3 heterocycles.